The van der Waals surface area contributed by atoms with E-state index in [1.807, 2.05) is 0 Å². The molecule has 2 aromatic rings. The molecule has 1 aromatic carbocycles. The highest BCUT2D eigenvalue weighted by Gasteiger charge is 2.38. The summed E-state index contributed by atoms with van der Waals surface area (Å²) in [5.41, 5.74) is 0.641. The minimum atomic E-state index is -3.32. The molecule has 1 amide bonds. The second-order valence-electron chi connectivity index (χ2n) is 7.45. The van der Waals surface area contributed by atoms with E-state index in [0.29, 0.717) is 17.4 Å². The predicted octanol–water partition coefficient (Wildman–Crippen LogP) is 3.13. The van der Waals surface area contributed by atoms with Gasteiger partial charge >= 0.3 is 0 Å². The molecule has 1 aliphatic carbocycles. The van der Waals surface area contributed by atoms with Gasteiger partial charge in [0.25, 0.3) is 0 Å². The lowest BCUT2D eigenvalue weighted by Gasteiger charge is -2.30. The van der Waals surface area contributed by atoms with E-state index in [1.165, 1.54) is 6.08 Å². The number of hydrogen-bond donors (Lipinski definition) is 2. The molecule has 0 spiro atoms. The fourth-order valence-electron chi connectivity index (χ4n) is 3.56. The van der Waals surface area contributed by atoms with Crippen molar-refractivity contribution in [3.8, 4) is 0 Å². The van der Waals surface area contributed by atoms with Crippen molar-refractivity contribution in [3.63, 3.8) is 0 Å². The van der Waals surface area contributed by atoms with Crippen LogP contribution in [-0.4, -0.2) is 30.7 Å². The summed E-state index contributed by atoms with van der Waals surface area (Å²) in [5, 5.41) is 7.19. The van der Waals surface area contributed by atoms with E-state index in [9.17, 15) is 13.2 Å². The van der Waals surface area contributed by atoms with Crippen LogP contribution in [0.3, 0.4) is 0 Å². The van der Waals surface area contributed by atoms with Gasteiger partial charge in [-0.15, -0.1) is 0 Å². The molecule has 1 aromatic heterocycles. The van der Waals surface area contributed by atoms with Crippen molar-refractivity contribution >= 4 is 27.7 Å². The van der Waals surface area contributed by atoms with Crippen LogP contribution in [0.1, 0.15) is 55.8 Å². The average molecular weight is 419 g/mol. The molecule has 0 bridgehead atoms. The molecule has 3 rings (SSSR count). The molecule has 1 heterocycles. The molecule has 1 fully saturated rings. The van der Waals surface area contributed by atoms with Crippen molar-refractivity contribution in [1.82, 2.24) is 15.5 Å². The smallest absolute Gasteiger partial charge is 0.244 e. The van der Waals surface area contributed by atoms with Crippen LogP contribution in [0.5, 0.6) is 0 Å². The summed E-state index contributed by atoms with van der Waals surface area (Å²) in [4.78, 5) is 17.0. The molecule has 0 atom stereocenters. The number of carbonyl (C=O) groups is 1. The van der Waals surface area contributed by atoms with E-state index in [2.05, 4.69) is 20.2 Å². The van der Waals surface area contributed by atoms with E-state index in [4.69, 9.17) is 4.52 Å². The Balaban J connectivity index is 1.71. The standard InChI is InChI=1S/C20H26N4O4S/c1-15-21-19(23-28-15)20(13-5-3-4-6-14-20)22-18(25)12-9-16-7-10-17(11-8-16)24-29(2,26)27/h7-12,24H,3-6,13-14H2,1-2H3,(H,22,25). The molecular formula is C20H26N4O4S. The normalized spacial score (nSPS) is 17.0. The molecule has 1 aliphatic rings. The summed E-state index contributed by atoms with van der Waals surface area (Å²) in [6, 6.07) is 6.77. The fourth-order valence-corrected chi connectivity index (χ4v) is 4.12. The Morgan fingerprint density at radius 1 is 1.14 bits per heavy atom. The number of aromatic nitrogens is 2. The van der Waals surface area contributed by atoms with Crippen molar-refractivity contribution in [2.75, 3.05) is 11.0 Å². The highest BCUT2D eigenvalue weighted by Crippen LogP contribution is 2.34. The van der Waals surface area contributed by atoms with E-state index < -0.39 is 15.6 Å². The second kappa shape index (κ2) is 8.77. The molecule has 0 unspecified atom stereocenters. The molecule has 2 N–H and O–H groups in total. The zero-order chi connectivity index (χ0) is 20.9. The minimum Gasteiger partial charge on any atom is -0.340 e. The Bertz CT molecular complexity index is 972. The van der Waals surface area contributed by atoms with Crippen LogP contribution in [-0.2, 0) is 20.4 Å². The van der Waals surface area contributed by atoms with Crippen LogP contribution < -0.4 is 10.0 Å². The van der Waals surface area contributed by atoms with Gasteiger partial charge in [0.15, 0.2) is 5.82 Å². The number of anilines is 1. The number of hydrogen-bond acceptors (Lipinski definition) is 6. The monoisotopic (exact) mass is 418 g/mol. The van der Waals surface area contributed by atoms with Gasteiger partial charge in [-0.3, -0.25) is 9.52 Å². The Hall–Kier alpha value is -2.68. The van der Waals surface area contributed by atoms with Crippen molar-refractivity contribution in [2.24, 2.45) is 0 Å². The van der Waals surface area contributed by atoms with Gasteiger partial charge < -0.3 is 9.84 Å². The molecule has 1 saturated carbocycles. The number of benzene rings is 1. The number of rotatable bonds is 6. The molecule has 0 radical (unpaired) electrons. The third-order valence-electron chi connectivity index (χ3n) is 4.92. The highest BCUT2D eigenvalue weighted by atomic mass is 32.2. The summed E-state index contributed by atoms with van der Waals surface area (Å²) in [7, 11) is -3.32. The van der Waals surface area contributed by atoms with Crippen LogP contribution in [0, 0.1) is 6.92 Å². The van der Waals surface area contributed by atoms with E-state index in [1.54, 1.807) is 37.3 Å². The van der Waals surface area contributed by atoms with Gasteiger partial charge in [0.05, 0.1) is 6.26 Å². The molecule has 156 valence electrons. The SMILES string of the molecule is Cc1nc(C2(NC(=O)C=Cc3ccc(NS(C)(=O)=O)cc3)CCCCCC2)no1. The predicted molar refractivity (Wildman–Crippen MR) is 111 cm³/mol. The topological polar surface area (TPSA) is 114 Å². The van der Waals surface area contributed by atoms with Crippen molar-refractivity contribution in [3.05, 3.63) is 47.6 Å². The molecule has 8 nitrogen and oxygen atoms in total. The summed E-state index contributed by atoms with van der Waals surface area (Å²) in [5.74, 6) is 0.791. The lowest BCUT2D eigenvalue weighted by molar-refractivity contribution is -0.118. The number of amides is 1. The first kappa shape index (κ1) is 21.0. The van der Waals surface area contributed by atoms with Gasteiger partial charge in [-0.05, 0) is 36.6 Å². The minimum absolute atomic E-state index is 0.229. The van der Waals surface area contributed by atoms with E-state index in [-0.39, 0.29) is 5.91 Å². The van der Waals surface area contributed by atoms with Gasteiger partial charge in [-0.25, -0.2) is 8.42 Å². The lowest BCUT2D eigenvalue weighted by Crippen LogP contribution is -2.45. The van der Waals surface area contributed by atoms with Gasteiger partial charge in [0.2, 0.25) is 21.8 Å². The van der Waals surface area contributed by atoms with Crippen LogP contribution >= 0.6 is 0 Å². The number of nitrogens with one attached hydrogen (secondary N) is 2. The molecule has 9 heteroatoms. The molecule has 0 aliphatic heterocycles. The Morgan fingerprint density at radius 2 is 1.79 bits per heavy atom. The first-order chi connectivity index (χ1) is 13.8. The Morgan fingerprint density at radius 3 is 2.34 bits per heavy atom. The molecule has 0 saturated heterocycles. The van der Waals surface area contributed by atoms with Gasteiger partial charge in [0.1, 0.15) is 5.54 Å². The quantitative estimate of drug-likeness (QED) is 0.550. The maximum atomic E-state index is 12.7. The Kier molecular flexibility index (Phi) is 6.36. The van der Waals surface area contributed by atoms with Gasteiger partial charge in [-0.2, -0.15) is 4.98 Å². The average Bonchev–Trinajstić information content (AvgIpc) is 2.96. The number of carbonyl (C=O) groups excluding carboxylic acids is 1. The van der Waals surface area contributed by atoms with Crippen LogP contribution in [0.4, 0.5) is 5.69 Å². The summed E-state index contributed by atoms with van der Waals surface area (Å²) in [6.07, 6.45) is 10.0. The van der Waals surface area contributed by atoms with Crippen LogP contribution in [0.25, 0.3) is 6.08 Å². The van der Waals surface area contributed by atoms with Crippen LogP contribution in [0.2, 0.25) is 0 Å². The van der Waals surface area contributed by atoms with E-state index in [0.717, 1.165) is 50.3 Å². The number of nitrogens with zero attached hydrogens (tertiary/aromatic N) is 2. The first-order valence-corrected chi connectivity index (χ1v) is 11.5. The van der Waals surface area contributed by atoms with Gasteiger partial charge in [0, 0.05) is 18.7 Å². The molecular weight excluding hydrogens is 392 g/mol. The van der Waals surface area contributed by atoms with Crippen molar-refractivity contribution < 1.29 is 17.7 Å². The summed E-state index contributed by atoms with van der Waals surface area (Å²) in [6.45, 7) is 1.74. The van der Waals surface area contributed by atoms with Crippen LogP contribution in [0.15, 0.2) is 34.9 Å². The summed E-state index contributed by atoms with van der Waals surface area (Å²) < 4.78 is 30.1. The fraction of sp³-hybridized carbons (Fsp3) is 0.450. The van der Waals surface area contributed by atoms with Crippen molar-refractivity contribution in [1.29, 1.82) is 0 Å². The zero-order valence-electron chi connectivity index (χ0n) is 16.6. The highest BCUT2D eigenvalue weighted by molar-refractivity contribution is 7.92. The largest absolute Gasteiger partial charge is 0.340 e. The third-order valence-corrected chi connectivity index (χ3v) is 5.52. The second-order valence-corrected chi connectivity index (χ2v) is 9.20. The lowest BCUT2D eigenvalue weighted by atomic mass is 9.89. The summed E-state index contributed by atoms with van der Waals surface area (Å²) >= 11 is 0. The first-order valence-electron chi connectivity index (χ1n) is 9.65. The maximum absolute atomic E-state index is 12.7. The van der Waals surface area contributed by atoms with Crippen molar-refractivity contribution in [2.45, 2.75) is 51.0 Å². The Labute approximate surface area is 170 Å². The third kappa shape index (κ3) is 5.90. The zero-order valence-corrected chi connectivity index (χ0v) is 17.5. The number of aryl methyl sites for hydroxylation is 1. The number of sulfonamides is 1. The molecule has 29 heavy (non-hydrogen) atoms. The maximum Gasteiger partial charge on any atom is 0.244 e. The van der Waals surface area contributed by atoms with Gasteiger partial charge in [-0.1, -0.05) is 43.0 Å². The van der Waals surface area contributed by atoms with E-state index >= 15 is 0 Å².